The van der Waals surface area contributed by atoms with Crippen LogP contribution in [0.2, 0.25) is 0 Å². The highest BCUT2D eigenvalue weighted by Crippen LogP contribution is 2.24. The van der Waals surface area contributed by atoms with Gasteiger partial charge in [-0.25, -0.2) is 9.78 Å². The van der Waals surface area contributed by atoms with Crippen molar-refractivity contribution in [1.82, 2.24) is 10.3 Å². The number of carboxylic acids is 1. The number of nitrogens with one attached hydrogen (secondary N) is 1. The molecular formula is C15H18N2O4S. The first-order valence-corrected chi connectivity index (χ1v) is 7.88. The SMILES string of the molecule is CCC(C)C(NC(=O)Cc1csc(-c2ccoc2)n1)C(=O)O. The van der Waals surface area contributed by atoms with Crippen LogP contribution in [0, 0.1) is 5.92 Å². The second-order valence-corrected chi connectivity index (χ2v) is 5.96. The molecule has 0 aliphatic heterocycles. The number of nitrogens with zero attached hydrogens (tertiary/aromatic N) is 1. The van der Waals surface area contributed by atoms with Gasteiger partial charge in [0.1, 0.15) is 17.3 Å². The van der Waals surface area contributed by atoms with E-state index in [-0.39, 0.29) is 18.2 Å². The van der Waals surface area contributed by atoms with Crippen LogP contribution in [0.5, 0.6) is 0 Å². The third kappa shape index (κ3) is 3.94. The minimum atomic E-state index is -1.01. The number of amides is 1. The predicted octanol–water partition coefficient (Wildman–Crippen LogP) is 2.56. The Morgan fingerprint density at radius 2 is 2.27 bits per heavy atom. The lowest BCUT2D eigenvalue weighted by molar-refractivity contribution is -0.143. The molecule has 0 saturated heterocycles. The summed E-state index contributed by atoms with van der Waals surface area (Å²) in [6.07, 6.45) is 3.89. The highest BCUT2D eigenvalue weighted by molar-refractivity contribution is 7.13. The Kier molecular flexibility index (Phi) is 5.32. The Balaban J connectivity index is 1.98. The van der Waals surface area contributed by atoms with E-state index in [1.807, 2.05) is 6.92 Å². The zero-order chi connectivity index (χ0) is 16.1. The Labute approximate surface area is 132 Å². The molecule has 0 bridgehead atoms. The standard InChI is InChI=1S/C15H18N2O4S/c1-3-9(2)13(15(19)20)17-12(18)6-11-8-22-14(16-11)10-4-5-21-7-10/h4-5,7-9,13H,3,6H2,1-2H3,(H,17,18)(H,19,20). The van der Waals surface area contributed by atoms with Gasteiger partial charge in [0.15, 0.2) is 0 Å². The van der Waals surface area contributed by atoms with E-state index in [1.54, 1.807) is 30.9 Å². The van der Waals surface area contributed by atoms with Gasteiger partial charge in [0, 0.05) is 10.9 Å². The fourth-order valence-electron chi connectivity index (χ4n) is 1.98. The number of aromatic nitrogens is 1. The zero-order valence-corrected chi connectivity index (χ0v) is 13.2. The fourth-order valence-corrected chi connectivity index (χ4v) is 2.78. The average molecular weight is 322 g/mol. The first kappa shape index (κ1) is 16.2. The Morgan fingerprint density at radius 3 is 2.86 bits per heavy atom. The number of carbonyl (C=O) groups is 2. The molecule has 2 N–H and O–H groups in total. The predicted molar refractivity (Wildman–Crippen MR) is 82.5 cm³/mol. The average Bonchev–Trinajstić information content (AvgIpc) is 3.14. The lowest BCUT2D eigenvalue weighted by Gasteiger charge is -2.19. The largest absolute Gasteiger partial charge is 0.480 e. The highest BCUT2D eigenvalue weighted by Gasteiger charge is 2.25. The number of thiazole rings is 1. The van der Waals surface area contributed by atoms with Gasteiger partial charge in [-0.05, 0) is 12.0 Å². The maximum Gasteiger partial charge on any atom is 0.326 e. The normalized spacial score (nSPS) is 13.5. The third-order valence-electron chi connectivity index (χ3n) is 3.46. The molecule has 1 amide bonds. The minimum Gasteiger partial charge on any atom is -0.480 e. The molecule has 0 aliphatic carbocycles. The van der Waals surface area contributed by atoms with Crippen molar-refractivity contribution in [2.75, 3.05) is 0 Å². The molecule has 2 unspecified atom stereocenters. The number of carboxylic acid groups (broad SMARTS) is 1. The van der Waals surface area contributed by atoms with Crippen LogP contribution >= 0.6 is 11.3 Å². The molecule has 7 heteroatoms. The van der Waals surface area contributed by atoms with E-state index in [0.29, 0.717) is 12.1 Å². The maximum atomic E-state index is 12.0. The van der Waals surface area contributed by atoms with Gasteiger partial charge in [-0.2, -0.15) is 0 Å². The molecule has 2 rings (SSSR count). The van der Waals surface area contributed by atoms with Crippen molar-refractivity contribution in [3.8, 4) is 10.6 Å². The van der Waals surface area contributed by atoms with Crippen LogP contribution in [0.3, 0.4) is 0 Å². The number of furan rings is 1. The van der Waals surface area contributed by atoms with Crippen LogP contribution in [0.4, 0.5) is 0 Å². The summed E-state index contributed by atoms with van der Waals surface area (Å²) in [5.41, 5.74) is 1.48. The van der Waals surface area contributed by atoms with Gasteiger partial charge in [0.05, 0.1) is 18.4 Å². The van der Waals surface area contributed by atoms with Crippen molar-refractivity contribution in [2.24, 2.45) is 5.92 Å². The maximum absolute atomic E-state index is 12.0. The quantitative estimate of drug-likeness (QED) is 0.817. The number of carbonyl (C=O) groups excluding carboxylic acids is 1. The molecule has 6 nitrogen and oxygen atoms in total. The van der Waals surface area contributed by atoms with Crippen LogP contribution < -0.4 is 5.32 Å². The number of hydrogen-bond acceptors (Lipinski definition) is 5. The summed E-state index contributed by atoms with van der Waals surface area (Å²) in [6.45, 7) is 3.70. The van der Waals surface area contributed by atoms with Gasteiger partial charge in [-0.15, -0.1) is 11.3 Å². The first-order valence-electron chi connectivity index (χ1n) is 7.00. The summed E-state index contributed by atoms with van der Waals surface area (Å²) in [4.78, 5) is 27.6. The molecule has 118 valence electrons. The summed E-state index contributed by atoms with van der Waals surface area (Å²) in [7, 11) is 0. The van der Waals surface area contributed by atoms with E-state index >= 15 is 0 Å². The van der Waals surface area contributed by atoms with Gasteiger partial charge in [-0.3, -0.25) is 4.79 Å². The Morgan fingerprint density at radius 1 is 1.50 bits per heavy atom. The van der Waals surface area contributed by atoms with E-state index < -0.39 is 12.0 Å². The second kappa shape index (κ2) is 7.22. The van der Waals surface area contributed by atoms with Crippen molar-refractivity contribution < 1.29 is 19.1 Å². The van der Waals surface area contributed by atoms with Crippen LogP contribution in [0.25, 0.3) is 10.6 Å². The summed E-state index contributed by atoms with van der Waals surface area (Å²) in [5, 5.41) is 14.3. The molecule has 0 aliphatic rings. The van der Waals surface area contributed by atoms with Crippen molar-refractivity contribution >= 4 is 23.2 Å². The van der Waals surface area contributed by atoms with E-state index in [9.17, 15) is 14.7 Å². The van der Waals surface area contributed by atoms with Crippen molar-refractivity contribution in [3.63, 3.8) is 0 Å². The van der Waals surface area contributed by atoms with Gasteiger partial charge >= 0.3 is 5.97 Å². The van der Waals surface area contributed by atoms with Gasteiger partial charge in [0.2, 0.25) is 5.91 Å². The number of hydrogen-bond donors (Lipinski definition) is 2. The molecule has 2 aromatic rings. The van der Waals surface area contributed by atoms with Crippen molar-refractivity contribution in [1.29, 1.82) is 0 Å². The van der Waals surface area contributed by atoms with E-state index in [2.05, 4.69) is 10.3 Å². The molecule has 0 radical (unpaired) electrons. The molecule has 2 aromatic heterocycles. The second-order valence-electron chi connectivity index (χ2n) is 5.10. The highest BCUT2D eigenvalue weighted by atomic mass is 32.1. The monoisotopic (exact) mass is 322 g/mol. The Hall–Kier alpha value is -2.15. The number of rotatable bonds is 7. The van der Waals surface area contributed by atoms with Crippen LogP contribution in [0.15, 0.2) is 28.4 Å². The fraction of sp³-hybridized carbons (Fsp3) is 0.400. The smallest absolute Gasteiger partial charge is 0.326 e. The first-order chi connectivity index (χ1) is 10.5. The molecule has 2 heterocycles. The summed E-state index contributed by atoms with van der Waals surface area (Å²) in [6, 6.07) is 0.927. The van der Waals surface area contributed by atoms with Crippen LogP contribution in [0.1, 0.15) is 26.0 Å². The van der Waals surface area contributed by atoms with E-state index in [4.69, 9.17) is 4.42 Å². The van der Waals surface area contributed by atoms with Crippen LogP contribution in [-0.2, 0) is 16.0 Å². The molecule has 0 saturated carbocycles. The molecule has 0 aromatic carbocycles. The minimum absolute atomic E-state index is 0.0641. The van der Waals surface area contributed by atoms with Crippen molar-refractivity contribution in [3.05, 3.63) is 29.7 Å². The summed E-state index contributed by atoms with van der Waals surface area (Å²) in [5.74, 6) is -1.48. The lowest BCUT2D eigenvalue weighted by atomic mass is 9.99. The van der Waals surface area contributed by atoms with Gasteiger partial charge in [0.25, 0.3) is 0 Å². The summed E-state index contributed by atoms with van der Waals surface area (Å²) >= 11 is 1.42. The summed E-state index contributed by atoms with van der Waals surface area (Å²) < 4.78 is 5.00. The molecule has 22 heavy (non-hydrogen) atoms. The van der Waals surface area contributed by atoms with Gasteiger partial charge < -0.3 is 14.8 Å². The van der Waals surface area contributed by atoms with Crippen molar-refractivity contribution in [2.45, 2.75) is 32.7 Å². The van der Waals surface area contributed by atoms with Gasteiger partial charge in [-0.1, -0.05) is 20.3 Å². The van der Waals surface area contributed by atoms with E-state index in [1.165, 1.54) is 11.3 Å². The lowest BCUT2D eigenvalue weighted by Crippen LogP contribution is -2.45. The molecule has 2 atom stereocenters. The zero-order valence-electron chi connectivity index (χ0n) is 12.4. The number of aliphatic carboxylic acids is 1. The third-order valence-corrected chi connectivity index (χ3v) is 4.40. The molecule has 0 fully saturated rings. The van der Waals surface area contributed by atoms with E-state index in [0.717, 1.165) is 10.6 Å². The molecular weight excluding hydrogens is 304 g/mol. The topological polar surface area (TPSA) is 92.4 Å². The van der Waals surface area contributed by atoms with Crippen LogP contribution in [-0.4, -0.2) is 28.0 Å². The Bertz CT molecular complexity index is 636. The molecule has 0 spiro atoms.